The molecule has 1 atom stereocenters. The van der Waals surface area contributed by atoms with E-state index < -0.39 is 30.6 Å². The highest BCUT2D eigenvalue weighted by molar-refractivity contribution is 6.32. The highest BCUT2D eigenvalue weighted by Crippen LogP contribution is 2.25. The quantitative estimate of drug-likeness (QED) is 0.856. The summed E-state index contributed by atoms with van der Waals surface area (Å²) in [6.07, 6.45) is -1.36. The Hall–Kier alpha value is -2.03. The van der Waals surface area contributed by atoms with Crippen molar-refractivity contribution in [2.75, 3.05) is 13.2 Å². The van der Waals surface area contributed by atoms with Crippen LogP contribution >= 0.6 is 11.6 Å². The molecule has 0 unspecified atom stereocenters. The minimum absolute atomic E-state index is 0.0244. The molecule has 132 valence electrons. The molecule has 24 heavy (non-hydrogen) atoms. The first kappa shape index (κ1) is 18.3. The smallest absolute Gasteiger partial charge is 0.422 e. The molecule has 0 aromatic carbocycles. The number of hydrogen-bond donors (Lipinski definition) is 2. The molecular weight excluding hydrogens is 351 g/mol. The number of pyridine rings is 1. The number of nitrogens with zero attached hydrogens (tertiary/aromatic N) is 1. The lowest BCUT2D eigenvalue weighted by atomic mass is 10.1. The zero-order chi connectivity index (χ0) is 17.7. The fraction of sp³-hybridized carbons (Fsp3) is 0.500. The molecular formula is C14H15ClF3N3O3. The van der Waals surface area contributed by atoms with Gasteiger partial charge in [0.2, 0.25) is 11.8 Å². The van der Waals surface area contributed by atoms with Gasteiger partial charge in [-0.05, 0) is 25.3 Å². The van der Waals surface area contributed by atoms with Crippen LogP contribution in [0.5, 0.6) is 5.88 Å². The molecule has 1 aromatic rings. The summed E-state index contributed by atoms with van der Waals surface area (Å²) in [6, 6.07) is 0.476. The maximum Gasteiger partial charge on any atom is 0.422 e. The van der Waals surface area contributed by atoms with E-state index >= 15 is 0 Å². The normalized spacial score (nSPS) is 18.5. The molecule has 2 rings (SSSR count). The third-order valence-corrected chi connectivity index (χ3v) is 3.55. The first-order chi connectivity index (χ1) is 11.3. The van der Waals surface area contributed by atoms with Gasteiger partial charge in [0.1, 0.15) is 11.1 Å². The molecule has 1 aliphatic rings. The van der Waals surface area contributed by atoms with Gasteiger partial charge in [0.25, 0.3) is 5.91 Å². The summed E-state index contributed by atoms with van der Waals surface area (Å²) in [5.41, 5.74) is 0.0244. The van der Waals surface area contributed by atoms with Gasteiger partial charge >= 0.3 is 6.18 Å². The first-order valence-corrected chi connectivity index (χ1v) is 7.58. The molecule has 0 radical (unpaired) electrons. The SMILES string of the molecule is O=C(N[C@H]1CCCCNC1=O)c1cnc(OCC(F)(F)F)c(Cl)c1. The lowest BCUT2D eigenvalue weighted by Crippen LogP contribution is -2.45. The van der Waals surface area contributed by atoms with E-state index in [4.69, 9.17) is 11.6 Å². The van der Waals surface area contributed by atoms with Crippen LogP contribution in [0.15, 0.2) is 12.3 Å². The molecule has 6 nitrogen and oxygen atoms in total. The Morgan fingerprint density at radius 1 is 1.46 bits per heavy atom. The number of hydrogen-bond acceptors (Lipinski definition) is 4. The molecule has 1 aromatic heterocycles. The average Bonchev–Trinajstić information content (AvgIpc) is 2.70. The van der Waals surface area contributed by atoms with Crippen LogP contribution in [0.25, 0.3) is 0 Å². The largest absolute Gasteiger partial charge is 0.467 e. The van der Waals surface area contributed by atoms with Crippen molar-refractivity contribution < 1.29 is 27.5 Å². The third kappa shape index (κ3) is 5.26. The summed E-state index contributed by atoms with van der Waals surface area (Å²) in [7, 11) is 0. The van der Waals surface area contributed by atoms with Crippen LogP contribution < -0.4 is 15.4 Å². The van der Waals surface area contributed by atoms with Gasteiger partial charge in [0.15, 0.2) is 6.61 Å². The minimum atomic E-state index is -4.52. The zero-order valence-corrected chi connectivity index (χ0v) is 13.2. The Morgan fingerprint density at radius 3 is 2.88 bits per heavy atom. The number of nitrogens with one attached hydrogen (secondary N) is 2. The van der Waals surface area contributed by atoms with Gasteiger partial charge in [0, 0.05) is 12.7 Å². The highest BCUT2D eigenvalue weighted by atomic mass is 35.5. The number of ether oxygens (including phenoxy) is 1. The van der Waals surface area contributed by atoms with Crippen molar-refractivity contribution in [3.63, 3.8) is 0 Å². The van der Waals surface area contributed by atoms with Crippen molar-refractivity contribution in [3.05, 3.63) is 22.8 Å². The number of carbonyl (C=O) groups excluding carboxylic acids is 2. The van der Waals surface area contributed by atoms with Crippen LogP contribution in [0, 0.1) is 0 Å². The standard InChI is InChI=1S/C14H15ClF3N3O3/c15-9-5-8(6-20-13(9)24-7-14(16,17)18)11(22)21-10-3-1-2-4-19-12(10)23/h5-6,10H,1-4,7H2,(H,19,23)(H,21,22)/t10-/m0/s1. The van der Waals surface area contributed by atoms with Crippen molar-refractivity contribution in [2.24, 2.45) is 0 Å². The van der Waals surface area contributed by atoms with E-state index in [2.05, 4.69) is 20.4 Å². The Kier molecular flexibility index (Phi) is 5.87. The highest BCUT2D eigenvalue weighted by Gasteiger charge is 2.29. The molecule has 1 saturated heterocycles. The lowest BCUT2D eigenvalue weighted by molar-refractivity contribution is -0.154. The molecule has 2 amide bonds. The fourth-order valence-corrected chi connectivity index (χ4v) is 2.35. The first-order valence-electron chi connectivity index (χ1n) is 7.20. The van der Waals surface area contributed by atoms with Crippen molar-refractivity contribution in [2.45, 2.75) is 31.5 Å². The molecule has 1 aliphatic heterocycles. The van der Waals surface area contributed by atoms with Gasteiger partial charge in [-0.1, -0.05) is 11.6 Å². The van der Waals surface area contributed by atoms with E-state index in [9.17, 15) is 22.8 Å². The minimum Gasteiger partial charge on any atom is -0.467 e. The molecule has 0 bridgehead atoms. The van der Waals surface area contributed by atoms with Crippen LogP contribution in [0.1, 0.15) is 29.6 Å². The van der Waals surface area contributed by atoms with Crippen LogP contribution in [0.3, 0.4) is 0 Å². The van der Waals surface area contributed by atoms with E-state index in [-0.39, 0.29) is 16.5 Å². The van der Waals surface area contributed by atoms with Crippen LogP contribution in [0.4, 0.5) is 13.2 Å². The Balaban J connectivity index is 2.02. The summed E-state index contributed by atoms with van der Waals surface area (Å²) >= 11 is 5.79. The maximum atomic E-state index is 12.1. The molecule has 0 spiro atoms. The molecule has 2 N–H and O–H groups in total. The summed E-state index contributed by atoms with van der Waals surface area (Å²) in [5.74, 6) is -1.28. The number of alkyl halides is 3. The van der Waals surface area contributed by atoms with Crippen LogP contribution in [-0.4, -0.2) is 42.2 Å². The summed E-state index contributed by atoms with van der Waals surface area (Å²) in [6.45, 7) is -0.975. The zero-order valence-electron chi connectivity index (χ0n) is 12.5. The number of carbonyl (C=O) groups is 2. The van der Waals surface area contributed by atoms with Gasteiger partial charge in [0.05, 0.1) is 5.56 Å². The van der Waals surface area contributed by atoms with Crippen molar-refractivity contribution in [3.8, 4) is 5.88 Å². The van der Waals surface area contributed by atoms with Crippen molar-refractivity contribution >= 4 is 23.4 Å². The number of aromatic nitrogens is 1. The summed E-state index contributed by atoms with van der Waals surface area (Å²) < 4.78 is 40.8. The predicted molar refractivity (Wildman–Crippen MR) is 78.9 cm³/mol. The second kappa shape index (κ2) is 7.69. The number of rotatable bonds is 4. The molecule has 0 aliphatic carbocycles. The third-order valence-electron chi connectivity index (χ3n) is 3.28. The van der Waals surface area contributed by atoms with Gasteiger partial charge in [-0.3, -0.25) is 9.59 Å². The molecule has 2 heterocycles. The van der Waals surface area contributed by atoms with E-state index in [1.807, 2.05) is 0 Å². The van der Waals surface area contributed by atoms with E-state index in [1.54, 1.807) is 0 Å². The Bertz CT molecular complexity index is 625. The van der Waals surface area contributed by atoms with Gasteiger partial charge < -0.3 is 15.4 Å². The summed E-state index contributed by atoms with van der Waals surface area (Å²) in [5, 5.41) is 5.01. The Labute approximate surface area is 140 Å². The average molecular weight is 366 g/mol. The van der Waals surface area contributed by atoms with Crippen LogP contribution in [-0.2, 0) is 4.79 Å². The number of amides is 2. The maximum absolute atomic E-state index is 12.1. The van der Waals surface area contributed by atoms with E-state index in [1.165, 1.54) is 0 Å². The second-order valence-corrected chi connectivity index (χ2v) is 5.63. The Morgan fingerprint density at radius 2 is 2.21 bits per heavy atom. The van der Waals surface area contributed by atoms with Gasteiger partial charge in [-0.15, -0.1) is 0 Å². The monoisotopic (exact) mass is 365 g/mol. The molecule has 10 heteroatoms. The predicted octanol–water partition coefficient (Wildman–Crippen LogP) is 2.07. The van der Waals surface area contributed by atoms with Crippen molar-refractivity contribution in [1.29, 1.82) is 0 Å². The van der Waals surface area contributed by atoms with E-state index in [0.29, 0.717) is 13.0 Å². The molecule has 0 saturated carbocycles. The molecule has 1 fully saturated rings. The van der Waals surface area contributed by atoms with E-state index in [0.717, 1.165) is 25.1 Å². The summed E-state index contributed by atoms with van der Waals surface area (Å²) in [4.78, 5) is 27.5. The van der Waals surface area contributed by atoms with Crippen molar-refractivity contribution in [1.82, 2.24) is 15.6 Å². The van der Waals surface area contributed by atoms with Gasteiger partial charge in [-0.2, -0.15) is 13.2 Å². The second-order valence-electron chi connectivity index (χ2n) is 5.23. The van der Waals surface area contributed by atoms with Gasteiger partial charge in [-0.25, -0.2) is 4.98 Å². The topological polar surface area (TPSA) is 80.3 Å². The number of halogens is 4. The fourth-order valence-electron chi connectivity index (χ4n) is 2.12. The van der Waals surface area contributed by atoms with Crippen LogP contribution in [0.2, 0.25) is 5.02 Å². The lowest BCUT2D eigenvalue weighted by Gasteiger charge is -2.15.